The van der Waals surface area contributed by atoms with Crippen LogP contribution in [-0.4, -0.2) is 52.5 Å². The molecule has 1 aliphatic rings. The molecular weight excluding hydrogens is 264 g/mol. The molecule has 0 aliphatic carbocycles. The van der Waals surface area contributed by atoms with Crippen LogP contribution in [0.25, 0.3) is 0 Å². The lowest BCUT2D eigenvalue weighted by atomic mass is 10.2. The summed E-state index contributed by atoms with van der Waals surface area (Å²) in [5.74, 6) is -1.28. The van der Waals surface area contributed by atoms with E-state index in [0.29, 0.717) is 18.7 Å². The first kappa shape index (κ1) is 13.8. The maximum atomic E-state index is 11.8. The average molecular weight is 278 g/mol. The van der Waals surface area contributed by atoms with Gasteiger partial charge in [-0.1, -0.05) is 6.07 Å². The second-order valence-electron chi connectivity index (χ2n) is 4.29. The molecule has 2 heterocycles. The van der Waals surface area contributed by atoms with E-state index >= 15 is 0 Å². The van der Waals surface area contributed by atoms with Gasteiger partial charge in [0.2, 0.25) is 5.91 Å². The Morgan fingerprint density at radius 1 is 1.45 bits per heavy atom. The highest BCUT2D eigenvalue weighted by Crippen LogP contribution is 2.01. The van der Waals surface area contributed by atoms with Crippen molar-refractivity contribution in [1.29, 1.82) is 0 Å². The molecule has 0 atom stereocenters. The van der Waals surface area contributed by atoms with Crippen LogP contribution in [-0.2, 0) is 11.3 Å². The van der Waals surface area contributed by atoms with Crippen molar-refractivity contribution in [3.8, 4) is 0 Å². The van der Waals surface area contributed by atoms with Gasteiger partial charge in [-0.2, -0.15) is 0 Å². The zero-order valence-corrected chi connectivity index (χ0v) is 10.6. The molecule has 20 heavy (non-hydrogen) atoms. The largest absolute Gasteiger partial charge is 0.477 e. The van der Waals surface area contributed by atoms with Crippen molar-refractivity contribution in [2.75, 3.05) is 19.6 Å². The summed E-state index contributed by atoms with van der Waals surface area (Å²) < 4.78 is 0. The van der Waals surface area contributed by atoms with E-state index in [-0.39, 0.29) is 30.7 Å². The molecule has 3 N–H and O–H groups in total. The Balaban J connectivity index is 1.86. The zero-order valence-electron chi connectivity index (χ0n) is 10.6. The van der Waals surface area contributed by atoms with E-state index in [1.54, 1.807) is 6.07 Å². The van der Waals surface area contributed by atoms with Crippen molar-refractivity contribution in [3.05, 3.63) is 29.6 Å². The third-order valence-corrected chi connectivity index (χ3v) is 2.81. The van der Waals surface area contributed by atoms with Crippen molar-refractivity contribution in [3.63, 3.8) is 0 Å². The van der Waals surface area contributed by atoms with Gasteiger partial charge in [0.25, 0.3) is 0 Å². The smallest absolute Gasteiger partial charge is 0.354 e. The van der Waals surface area contributed by atoms with E-state index in [9.17, 15) is 14.4 Å². The summed E-state index contributed by atoms with van der Waals surface area (Å²) in [4.78, 5) is 38.8. The summed E-state index contributed by atoms with van der Waals surface area (Å²) in [6, 6.07) is 2.62. The van der Waals surface area contributed by atoms with Crippen LogP contribution in [0.2, 0.25) is 0 Å². The number of rotatable bonds is 3. The van der Waals surface area contributed by atoms with Crippen LogP contribution >= 0.6 is 0 Å². The van der Waals surface area contributed by atoms with E-state index in [1.165, 1.54) is 17.2 Å². The third-order valence-electron chi connectivity index (χ3n) is 2.81. The molecule has 1 fully saturated rings. The van der Waals surface area contributed by atoms with Gasteiger partial charge in [0.1, 0.15) is 12.2 Å². The van der Waals surface area contributed by atoms with Crippen LogP contribution in [0.15, 0.2) is 18.3 Å². The van der Waals surface area contributed by atoms with Crippen molar-refractivity contribution in [2.45, 2.75) is 6.54 Å². The quantitative estimate of drug-likeness (QED) is 0.685. The number of hydrogen-bond donors (Lipinski definition) is 3. The normalized spacial score (nSPS) is 14.6. The van der Waals surface area contributed by atoms with Gasteiger partial charge < -0.3 is 20.6 Å². The number of carboxylic acid groups (broad SMARTS) is 1. The van der Waals surface area contributed by atoms with Crippen LogP contribution in [0, 0.1) is 0 Å². The standard InChI is InChI=1S/C12H14N4O4/c17-10-7-16(4-3-13-10)12(20)15-6-8-1-2-9(11(18)19)14-5-8/h1-2,5H,3-4,6-7H2,(H,13,17)(H,15,20)(H,18,19). The number of carboxylic acids is 1. The van der Waals surface area contributed by atoms with Crippen LogP contribution < -0.4 is 10.6 Å². The Bertz CT molecular complexity index is 529. The number of nitrogens with zero attached hydrogens (tertiary/aromatic N) is 2. The SMILES string of the molecule is O=C1CN(C(=O)NCc2ccc(C(=O)O)nc2)CCN1. The van der Waals surface area contributed by atoms with Gasteiger partial charge in [-0.15, -0.1) is 0 Å². The Morgan fingerprint density at radius 2 is 2.25 bits per heavy atom. The molecule has 1 saturated heterocycles. The Labute approximate surface area is 114 Å². The number of carbonyl (C=O) groups excluding carboxylic acids is 2. The summed E-state index contributed by atoms with van der Waals surface area (Å²) >= 11 is 0. The summed E-state index contributed by atoms with van der Waals surface area (Å²) in [6.07, 6.45) is 1.40. The van der Waals surface area contributed by atoms with E-state index in [2.05, 4.69) is 15.6 Å². The van der Waals surface area contributed by atoms with E-state index in [4.69, 9.17) is 5.11 Å². The second kappa shape index (κ2) is 6.00. The second-order valence-corrected chi connectivity index (χ2v) is 4.29. The van der Waals surface area contributed by atoms with Gasteiger partial charge >= 0.3 is 12.0 Å². The summed E-state index contributed by atoms with van der Waals surface area (Å²) in [6.45, 7) is 1.18. The number of pyridine rings is 1. The lowest BCUT2D eigenvalue weighted by molar-refractivity contribution is -0.123. The monoisotopic (exact) mass is 278 g/mol. The summed E-state index contributed by atoms with van der Waals surface area (Å²) in [7, 11) is 0. The van der Waals surface area contributed by atoms with Gasteiger partial charge in [0.05, 0.1) is 0 Å². The number of hydrogen-bond acceptors (Lipinski definition) is 4. The fourth-order valence-corrected chi connectivity index (χ4v) is 1.76. The highest BCUT2D eigenvalue weighted by atomic mass is 16.4. The summed E-state index contributed by atoms with van der Waals surface area (Å²) in [5, 5.41) is 14.0. The molecule has 8 heteroatoms. The predicted octanol–water partition coefficient (Wildman–Crippen LogP) is -0.579. The minimum absolute atomic E-state index is 0.0437. The fourth-order valence-electron chi connectivity index (χ4n) is 1.76. The molecule has 2 rings (SSSR count). The maximum Gasteiger partial charge on any atom is 0.354 e. The number of aromatic carboxylic acids is 1. The third kappa shape index (κ3) is 3.44. The lowest BCUT2D eigenvalue weighted by Crippen LogP contribution is -2.52. The molecule has 1 aromatic heterocycles. The number of urea groups is 1. The molecule has 1 aromatic rings. The van der Waals surface area contributed by atoms with Crippen molar-refractivity contribution in [1.82, 2.24) is 20.5 Å². The van der Waals surface area contributed by atoms with Gasteiger partial charge in [-0.25, -0.2) is 14.6 Å². The topological polar surface area (TPSA) is 112 Å². The number of amides is 3. The molecule has 106 valence electrons. The number of piperazine rings is 1. The Hall–Kier alpha value is -2.64. The highest BCUT2D eigenvalue weighted by Gasteiger charge is 2.20. The summed E-state index contributed by atoms with van der Waals surface area (Å²) in [5.41, 5.74) is 0.637. The van der Waals surface area contributed by atoms with Crippen molar-refractivity contribution in [2.24, 2.45) is 0 Å². The molecular formula is C12H14N4O4. The van der Waals surface area contributed by atoms with E-state index in [0.717, 1.165) is 0 Å². The van der Waals surface area contributed by atoms with Crippen LogP contribution in [0.5, 0.6) is 0 Å². The van der Waals surface area contributed by atoms with Crippen molar-refractivity contribution >= 4 is 17.9 Å². The molecule has 0 spiro atoms. The molecule has 0 unspecified atom stereocenters. The maximum absolute atomic E-state index is 11.8. The molecule has 0 bridgehead atoms. The van der Waals surface area contributed by atoms with Gasteiger partial charge in [-0.05, 0) is 11.6 Å². The lowest BCUT2D eigenvalue weighted by Gasteiger charge is -2.26. The minimum Gasteiger partial charge on any atom is -0.477 e. The van der Waals surface area contributed by atoms with Crippen LogP contribution in [0.1, 0.15) is 16.1 Å². The number of aromatic nitrogens is 1. The molecule has 1 aliphatic heterocycles. The molecule has 8 nitrogen and oxygen atoms in total. The molecule has 0 aromatic carbocycles. The van der Waals surface area contributed by atoms with Gasteiger partial charge in [-0.3, -0.25) is 4.79 Å². The van der Waals surface area contributed by atoms with Crippen LogP contribution in [0.4, 0.5) is 4.79 Å². The number of carbonyl (C=O) groups is 3. The van der Waals surface area contributed by atoms with Crippen molar-refractivity contribution < 1.29 is 19.5 Å². The zero-order chi connectivity index (χ0) is 14.5. The first-order chi connectivity index (χ1) is 9.56. The van der Waals surface area contributed by atoms with Gasteiger partial charge in [0, 0.05) is 25.8 Å². The molecule has 0 saturated carbocycles. The van der Waals surface area contributed by atoms with Gasteiger partial charge in [0.15, 0.2) is 0 Å². The van der Waals surface area contributed by atoms with E-state index < -0.39 is 5.97 Å². The first-order valence-corrected chi connectivity index (χ1v) is 6.04. The Kier molecular flexibility index (Phi) is 4.14. The molecule has 3 amide bonds. The Morgan fingerprint density at radius 3 is 2.85 bits per heavy atom. The molecule has 0 radical (unpaired) electrons. The van der Waals surface area contributed by atoms with Crippen LogP contribution in [0.3, 0.4) is 0 Å². The predicted molar refractivity (Wildman–Crippen MR) is 68.0 cm³/mol. The highest BCUT2D eigenvalue weighted by molar-refractivity contribution is 5.85. The van der Waals surface area contributed by atoms with E-state index in [1.807, 2.05) is 0 Å². The number of nitrogens with one attached hydrogen (secondary N) is 2. The minimum atomic E-state index is -1.10. The fraction of sp³-hybridized carbons (Fsp3) is 0.333. The first-order valence-electron chi connectivity index (χ1n) is 6.04. The average Bonchev–Trinajstić information content (AvgIpc) is 2.45.